The SMILES string of the molecule is CC/C=C\C=C/Nc1sc2ccc(-c3cccc(C4=NC(c5ccccc5)=NC(C5=CCCC=C5)N4)c3)cc2c1C. The molecule has 0 amide bonds. The number of aliphatic imine (C=N–C) groups is 2. The molecule has 1 atom stereocenters. The van der Waals surface area contributed by atoms with Crippen molar-refractivity contribution in [1.82, 2.24) is 5.32 Å². The van der Waals surface area contributed by atoms with Crippen molar-refractivity contribution >= 4 is 38.1 Å². The summed E-state index contributed by atoms with van der Waals surface area (Å²) in [5, 5.41) is 9.54. The third-order valence-corrected chi connectivity index (χ3v) is 8.52. The molecule has 2 N–H and O–H groups in total. The number of rotatable bonds is 8. The van der Waals surface area contributed by atoms with E-state index in [2.05, 4.69) is 109 Å². The minimum absolute atomic E-state index is 0.167. The van der Waals surface area contributed by atoms with Crippen molar-refractivity contribution in [1.29, 1.82) is 0 Å². The zero-order chi connectivity index (χ0) is 28.0. The molecule has 4 aromatic rings. The summed E-state index contributed by atoms with van der Waals surface area (Å²) in [6.45, 7) is 4.33. The Bertz CT molecular complexity index is 1730. The van der Waals surface area contributed by atoms with E-state index in [0.717, 1.165) is 47.6 Å². The average molecular weight is 555 g/mol. The van der Waals surface area contributed by atoms with Gasteiger partial charge in [-0.05, 0) is 78.1 Å². The summed E-state index contributed by atoms with van der Waals surface area (Å²) < 4.78 is 1.28. The number of thiophene rings is 1. The highest BCUT2D eigenvalue weighted by atomic mass is 32.1. The Labute approximate surface area is 246 Å². The van der Waals surface area contributed by atoms with Crippen LogP contribution in [-0.4, -0.2) is 17.8 Å². The molecule has 1 aromatic heterocycles. The van der Waals surface area contributed by atoms with Gasteiger partial charge in [0, 0.05) is 22.0 Å². The van der Waals surface area contributed by atoms with Crippen LogP contribution in [0.2, 0.25) is 0 Å². The van der Waals surface area contributed by atoms with Crippen molar-refractivity contribution < 1.29 is 0 Å². The van der Waals surface area contributed by atoms with Crippen LogP contribution < -0.4 is 10.6 Å². The summed E-state index contributed by atoms with van der Waals surface area (Å²) in [6, 6.07) is 25.6. The lowest BCUT2D eigenvalue weighted by molar-refractivity contribution is 0.721. The molecule has 2 heterocycles. The van der Waals surface area contributed by atoms with Gasteiger partial charge in [0.1, 0.15) is 12.0 Å². The van der Waals surface area contributed by atoms with E-state index in [4.69, 9.17) is 9.98 Å². The quantitative estimate of drug-likeness (QED) is 0.213. The lowest BCUT2D eigenvalue weighted by Gasteiger charge is -2.25. The van der Waals surface area contributed by atoms with Crippen LogP contribution in [0.1, 0.15) is 42.9 Å². The van der Waals surface area contributed by atoms with Crippen molar-refractivity contribution in [3.05, 3.63) is 138 Å². The minimum Gasteiger partial charge on any atom is -0.353 e. The molecule has 2 aliphatic rings. The number of nitrogens with zero attached hydrogens (tertiary/aromatic N) is 2. The fourth-order valence-electron chi connectivity index (χ4n) is 5.10. The second-order valence-electron chi connectivity index (χ2n) is 10.2. The molecule has 0 spiro atoms. The standard InChI is InChI=1S/C36H34N4S/c1-3-4-5-12-22-37-36-25(2)31-24-29(20-21-32(31)41-36)28-18-13-19-30(23-28)35-39-33(26-14-8-6-9-15-26)38-34(40-35)27-16-10-7-11-17-27/h4-6,8-10,12-24,34,37H,3,7,11H2,1-2H3,(H,38,39,40)/b5-4-,22-12-. The zero-order valence-corrected chi connectivity index (χ0v) is 24.3. The van der Waals surface area contributed by atoms with Gasteiger partial charge in [0.15, 0.2) is 5.84 Å². The molecule has 5 heteroatoms. The largest absolute Gasteiger partial charge is 0.353 e. The van der Waals surface area contributed by atoms with Gasteiger partial charge in [-0.1, -0.05) is 91.9 Å². The Morgan fingerprint density at radius 1 is 0.927 bits per heavy atom. The Hall–Kier alpha value is -4.48. The van der Waals surface area contributed by atoms with Crippen LogP contribution in [0.5, 0.6) is 0 Å². The molecule has 3 aromatic carbocycles. The number of benzene rings is 3. The molecular weight excluding hydrogens is 520 g/mol. The topological polar surface area (TPSA) is 48.8 Å². The van der Waals surface area contributed by atoms with Gasteiger partial charge in [-0.2, -0.15) is 0 Å². The summed E-state index contributed by atoms with van der Waals surface area (Å²) >= 11 is 1.79. The number of fused-ring (bicyclic) bond motifs is 1. The predicted molar refractivity (Wildman–Crippen MR) is 177 cm³/mol. The molecule has 0 fully saturated rings. The molecular formula is C36H34N4S. The van der Waals surface area contributed by atoms with Crippen molar-refractivity contribution in [3.8, 4) is 11.1 Å². The smallest absolute Gasteiger partial charge is 0.159 e. The molecule has 1 aliphatic heterocycles. The Morgan fingerprint density at radius 2 is 1.76 bits per heavy atom. The van der Waals surface area contributed by atoms with E-state index in [0.29, 0.717) is 0 Å². The molecule has 0 bridgehead atoms. The minimum atomic E-state index is -0.167. The van der Waals surface area contributed by atoms with E-state index in [1.54, 1.807) is 11.3 Å². The van der Waals surface area contributed by atoms with Crippen LogP contribution in [0.15, 0.2) is 131 Å². The molecule has 204 valence electrons. The number of anilines is 1. The summed E-state index contributed by atoms with van der Waals surface area (Å²) in [6.07, 6.45) is 18.0. The molecule has 1 aliphatic carbocycles. The first-order valence-electron chi connectivity index (χ1n) is 14.3. The van der Waals surface area contributed by atoms with Crippen LogP contribution >= 0.6 is 11.3 Å². The van der Waals surface area contributed by atoms with Gasteiger partial charge in [0.2, 0.25) is 0 Å². The fraction of sp³-hybridized carbons (Fsp3) is 0.167. The molecule has 4 nitrogen and oxygen atoms in total. The van der Waals surface area contributed by atoms with Gasteiger partial charge in [-0.25, -0.2) is 9.98 Å². The second kappa shape index (κ2) is 12.4. The summed E-state index contributed by atoms with van der Waals surface area (Å²) in [5.41, 5.74) is 6.88. The normalized spacial score (nSPS) is 17.0. The molecule has 0 saturated carbocycles. The Balaban J connectivity index is 1.32. The molecule has 0 saturated heterocycles. The van der Waals surface area contributed by atoms with Crippen LogP contribution in [0.25, 0.3) is 21.2 Å². The molecule has 6 rings (SSSR count). The van der Waals surface area contributed by atoms with Gasteiger partial charge < -0.3 is 10.6 Å². The number of nitrogens with one attached hydrogen (secondary N) is 2. The van der Waals surface area contributed by atoms with Gasteiger partial charge in [0.05, 0.1) is 5.00 Å². The molecule has 0 radical (unpaired) electrons. The number of aryl methyl sites for hydroxylation is 1. The maximum atomic E-state index is 5.00. The van der Waals surface area contributed by atoms with Crippen molar-refractivity contribution in [2.45, 2.75) is 39.3 Å². The first-order chi connectivity index (χ1) is 20.2. The number of allylic oxidation sites excluding steroid dienone is 5. The van der Waals surface area contributed by atoms with Gasteiger partial charge in [0.25, 0.3) is 0 Å². The van der Waals surface area contributed by atoms with E-state index in [-0.39, 0.29) is 6.17 Å². The first-order valence-corrected chi connectivity index (χ1v) is 15.1. The third-order valence-electron chi connectivity index (χ3n) is 7.31. The molecule has 41 heavy (non-hydrogen) atoms. The predicted octanol–water partition coefficient (Wildman–Crippen LogP) is 9.17. The summed E-state index contributed by atoms with van der Waals surface area (Å²) in [5.74, 6) is 1.60. The van der Waals surface area contributed by atoms with Crippen LogP contribution in [0, 0.1) is 6.92 Å². The van der Waals surface area contributed by atoms with E-state index in [9.17, 15) is 0 Å². The van der Waals surface area contributed by atoms with Crippen molar-refractivity contribution in [2.75, 3.05) is 5.32 Å². The third kappa shape index (κ3) is 6.01. The number of amidine groups is 2. The van der Waals surface area contributed by atoms with Crippen LogP contribution in [0.3, 0.4) is 0 Å². The number of hydrogen-bond donors (Lipinski definition) is 2. The Kier molecular flexibility index (Phi) is 8.06. The highest BCUT2D eigenvalue weighted by Gasteiger charge is 2.22. The van der Waals surface area contributed by atoms with Crippen molar-refractivity contribution in [3.63, 3.8) is 0 Å². The summed E-state index contributed by atoms with van der Waals surface area (Å²) in [7, 11) is 0. The average Bonchev–Trinajstić information content (AvgIpc) is 3.36. The monoisotopic (exact) mass is 554 g/mol. The van der Waals surface area contributed by atoms with Gasteiger partial charge in [-0.3, -0.25) is 0 Å². The van der Waals surface area contributed by atoms with Gasteiger partial charge >= 0.3 is 0 Å². The first kappa shape index (κ1) is 26.7. The number of hydrogen-bond acceptors (Lipinski definition) is 5. The molecule has 1 unspecified atom stereocenters. The highest BCUT2D eigenvalue weighted by molar-refractivity contribution is 7.23. The van der Waals surface area contributed by atoms with E-state index < -0.39 is 0 Å². The van der Waals surface area contributed by atoms with E-state index in [1.807, 2.05) is 30.5 Å². The maximum Gasteiger partial charge on any atom is 0.159 e. The van der Waals surface area contributed by atoms with Crippen LogP contribution in [-0.2, 0) is 0 Å². The summed E-state index contributed by atoms with van der Waals surface area (Å²) in [4.78, 5) is 10.0. The lowest BCUT2D eigenvalue weighted by atomic mass is 9.99. The van der Waals surface area contributed by atoms with Crippen molar-refractivity contribution in [2.24, 2.45) is 9.98 Å². The highest BCUT2D eigenvalue weighted by Crippen LogP contribution is 2.37. The van der Waals surface area contributed by atoms with Crippen LogP contribution in [0.4, 0.5) is 5.00 Å². The van der Waals surface area contributed by atoms with E-state index >= 15 is 0 Å². The van der Waals surface area contributed by atoms with E-state index in [1.165, 1.54) is 31.8 Å². The Morgan fingerprint density at radius 3 is 2.59 bits per heavy atom. The lowest BCUT2D eigenvalue weighted by Crippen LogP contribution is -2.40. The fourth-order valence-corrected chi connectivity index (χ4v) is 6.17. The van der Waals surface area contributed by atoms with Gasteiger partial charge in [-0.15, -0.1) is 11.3 Å². The second-order valence-corrected chi connectivity index (χ2v) is 11.2. The zero-order valence-electron chi connectivity index (χ0n) is 23.5. The maximum absolute atomic E-state index is 5.00.